The standard InChI is InChI=1S/C28H27ClF4N2O3/c29-22-6-10-26(24(30)16-22)38-13-12-37-23-7-3-18(4-8-23)14-20(17-36)27(34)35-11-1-2-19-15-21(28(31,32)33)5-9-25(19)35/h3-10,15-17,20,27H,1-2,11-14,34H2. The van der Waals surface area contributed by atoms with Crippen LogP contribution < -0.4 is 20.1 Å². The smallest absolute Gasteiger partial charge is 0.416 e. The summed E-state index contributed by atoms with van der Waals surface area (Å²) in [7, 11) is 0. The summed E-state index contributed by atoms with van der Waals surface area (Å²) in [5.41, 5.74) is 7.84. The number of nitrogens with two attached hydrogens (primary N) is 1. The van der Waals surface area contributed by atoms with E-state index in [1.807, 2.05) is 17.0 Å². The number of carbonyl (C=O) groups is 1. The number of ether oxygens (including phenoxy) is 2. The van der Waals surface area contributed by atoms with Gasteiger partial charge < -0.3 is 24.9 Å². The maximum atomic E-state index is 13.8. The van der Waals surface area contributed by atoms with Gasteiger partial charge in [-0.05, 0) is 78.9 Å². The highest BCUT2D eigenvalue weighted by Gasteiger charge is 2.33. The number of fused-ring (bicyclic) bond motifs is 1. The Morgan fingerprint density at radius 3 is 2.45 bits per heavy atom. The van der Waals surface area contributed by atoms with Gasteiger partial charge in [0.15, 0.2) is 11.6 Å². The highest BCUT2D eigenvalue weighted by atomic mass is 35.5. The van der Waals surface area contributed by atoms with Gasteiger partial charge in [-0.25, -0.2) is 4.39 Å². The molecular weight excluding hydrogens is 524 g/mol. The molecule has 2 unspecified atom stereocenters. The van der Waals surface area contributed by atoms with E-state index in [2.05, 4.69) is 0 Å². The van der Waals surface area contributed by atoms with Crippen LogP contribution >= 0.6 is 11.6 Å². The van der Waals surface area contributed by atoms with Gasteiger partial charge in [0.1, 0.15) is 25.2 Å². The largest absolute Gasteiger partial charge is 0.490 e. The third-order valence-electron chi connectivity index (χ3n) is 6.43. The topological polar surface area (TPSA) is 64.8 Å². The van der Waals surface area contributed by atoms with E-state index in [4.69, 9.17) is 26.8 Å². The quantitative estimate of drug-likeness (QED) is 0.189. The second-order valence-corrected chi connectivity index (χ2v) is 9.48. The van der Waals surface area contributed by atoms with Crippen molar-refractivity contribution < 1.29 is 31.8 Å². The fourth-order valence-electron chi connectivity index (χ4n) is 4.49. The summed E-state index contributed by atoms with van der Waals surface area (Å²) in [6.07, 6.45) is -2.78. The SMILES string of the molecule is NC(C(C=O)Cc1ccc(OCCOc2ccc(Cl)cc2F)cc1)N1CCCc2cc(C(F)(F)F)ccc21. The lowest BCUT2D eigenvalue weighted by Crippen LogP contribution is -2.50. The molecule has 1 aliphatic heterocycles. The highest BCUT2D eigenvalue weighted by Crippen LogP contribution is 2.36. The molecule has 4 rings (SSSR count). The molecule has 0 spiro atoms. The molecule has 0 aromatic heterocycles. The predicted octanol–water partition coefficient (Wildman–Crippen LogP) is 6.05. The van der Waals surface area contributed by atoms with Crippen molar-refractivity contribution in [3.05, 3.63) is 88.2 Å². The van der Waals surface area contributed by atoms with E-state index < -0.39 is 29.6 Å². The summed E-state index contributed by atoms with van der Waals surface area (Å²) < 4.78 is 64.2. The van der Waals surface area contributed by atoms with E-state index in [1.54, 1.807) is 12.1 Å². The first-order chi connectivity index (χ1) is 18.2. The molecule has 0 saturated heterocycles. The molecule has 10 heteroatoms. The second-order valence-electron chi connectivity index (χ2n) is 9.05. The van der Waals surface area contributed by atoms with Crippen molar-refractivity contribution in [2.45, 2.75) is 31.6 Å². The Kier molecular flexibility index (Phi) is 8.79. The van der Waals surface area contributed by atoms with E-state index in [1.165, 1.54) is 30.3 Å². The number of benzene rings is 3. The Morgan fingerprint density at radius 2 is 1.76 bits per heavy atom. The van der Waals surface area contributed by atoms with Crippen LogP contribution in [0.25, 0.3) is 0 Å². The van der Waals surface area contributed by atoms with Crippen molar-refractivity contribution >= 4 is 23.6 Å². The number of halogens is 5. The zero-order valence-corrected chi connectivity index (χ0v) is 21.1. The van der Waals surface area contributed by atoms with Crippen LogP contribution in [0.5, 0.6) is 11.5 Å². The van der Waals surface area contributed by atoms with Gasteiger partial charge in [-0.15, -0.1) is 0 Å². The predicted molar refractivity (Wildman–Crippen MR) is 137 cm³/mol. The Morgan fingerprint density at radius 1 is 1.03 bits per heavy atom. The van der Waals surface area contributed by atoms with Gasteiger partial charge in [-0.3, -0.25) is 0 Å². The molecule has 0 radical (unpaired) electrons. The van der Waals surface area contributed by atoms with Crippen LogP contribution in [0, 0.1) is 11.7 Å². The lowest BCUT2D eigenvalue weighted by molar-refractivity contribution is -0.137. The minimum absolute atomic E-state index is 0.0849. The molecule has 0 saturated carbocycles. The molecule has 202 valence electrons. The molecule has 38 heavy (non-hydrogen) atoms. The third-order valence-corrected chi connectivity index (χ3v) is 6.67. The number of aryl methyl sites for hydroxylation is 1. The van der Waals surface area contributed by atoms with Crippen molar-refractivity contribution in [2.75, 3.05) is 24.7 Å². The number of alkyl halides is 3. The summed E-state index contributed by atoms with van der Waals surface area (Å²) in [6, 6.07) is 14.9. The van der Waals surface area contributed by atoms with Gasteiger partial charge >= 0.3 is 6.18 Å². The molecule has 1 aliphatic rings. The molecule has 0 bridgehead atoms. The first-order valence-electron chi connectivity index (χ1n) is 12.1. The third kappa shape index (κ3) is 6.76. The summed E-state index contributed by atoms with van der Waals surface area (Å²) in [5, 5.41) is 0.282. The summed E-state index contributed by atoms with van der Waals surface area (Å²) in [6.45, 7) is 0.871. The van der Waals surface area contributed by atoms with Crippen molar-refractivity contribution in [2.24, 2.45) is 11.7 Å². The van der Waals surface area contributed by atoms with Gasteiger partial charge in [0.05, 0.1) is 17.6 Å². The Bertz CT molecular complexity index is 1250. The number of carbonyl (C=O) groups excluding carboxylic acids is 1. The van der Waals surface area contributed by atoms with Gasteiger partial charge in [0.25, 0.3) is 0 Å². The van der Waals surface area contributed by atoms with Crippen LogP contribution in [0.1, 0.15) is 23.1 Å². The average Bonchev–Trinajstić information content (AvgIpc) is 2.90. The van der Waals surface area contributed by atoms with E-state index in [0.29, 0.717) is 42.8 Å². The zero-order chi connectivity index (χ0) is 27.3. The van der Waals surface area contributed by atoms with Crippen LogP contribution in [0.4, 0.5) is 23.2 Å². The molecular formula is C28H27ClF4N2O3. The molecule has 3 aromatic carbocycles. The normalized spacial score (nSPS) is 14.9. The Labute approximate surface area is 223 Å². The summed E-state index contributed by atoms with van der Waals surface area (Å²) in [5.74, 6) is -0.463. The van der Waals surface area contributed by atoms with Gasteiger partial charge in [0, 0.05) is 17.3 Å². The fraction of sp³-hybridized carbons (Fsp3) is 0.321. The van der Waals surface area contributed by atoms with E-state index >= 15 is 0 Å². The van der Waals surface area contributed by atoms with Gasteiger partial charge in [-0.1, -0.05) is 23.7 Å². The van der Waals surface area contributed by atoms with Crippen LogP contribution in [0.15, 0.2) is 60.7 Å². The lowest BCUT2D eigenvalue weighted by Gasteiger charge is -2.38. The molecule has 0 amide bonds. The molecule has 2 atom stereocenters. The van der Waals surface area contributed by atoms with Crippen molar-refractivity contribution in [3.63, 3.8) is 0 Å². The Balaban J connectivity index is 1.33. The average molecular weight is 551 g/mol. The molecule has 0 fully saturated rings. The highest BCUT2D eigenvalue weighted by molar-refractivity contribution is 6.30. The van der Waals surface area contributed by atoms with Crippen LogP contribution in [-0.4, -0.2) is 32.2 Å². The van der Waals surface area contributed by atoms with E-state index in [0.717, 1.165) is 17.9 Å². The number of aldehydes is 1. The van der Waals surface area contributed by atoms with Crippen LogP contribution in [0.3, 0.4) is 0 Å². The molecule has 0 aliphatic carbocycles. The van der Waals surface area contributed by atoms with Crippen molar-refractivity contribution in [3.8, 4) is 11.5 Å². The number of hydrogen-bond acceptors (Lipinski definition) is 5. The van der Waals surface area contributed by atoms with E-state index in [-0.39, 0.29) is 24.0 Å². The maximum absolute atomic E-state index is 13.8. The number of rotatable bonds is 10. The van der Waals surface area contributed by atoms with E-state index in [9.17, 15) is 22.4 Å². The molecule has 5 nitrogen and oxygen atoms in total. The number of nitrogens with zero attached hydrogens (tertiary/aromatic N) is 1. The lowest BCUT2D eigenvalue weighted by atomic mass is 9.93. The zero-order valence-electron chi connectivity index (χ0n) is 20.4. The first kappa shape index (κ1) is 27.7. The first-order valence-corrected chi connectivity index (χ1v) is 12.5. The summed E-state index contributed by atoms with van der Waals surface area (Å²) in [4.78, 5) is 13.8. The van der Waals surface area contributed by atoms with Crippen molar-refractivity contribution in [1.29, 1.82) is 0 Å². The number of anilines is 1. The maximum Gasteiger partial charge on any atom is 0.416 e. The van der Waals surface area contributed by atoms with Crippen molar-refractivity contribution in [1.82, 2.24) is 0 Å². The van der Waals surface area contributed by atoms with Crippen LogP contribution in [-0.2, 0) is 23.8 Å². The van der Waals surface area contributed by atoms with Crippen LogP contribution in [0.2, 0.25) is 5.02 Å². The second kappa shape index (κ2) is 12.0. The minimum Gasteiger partial charge on any atom is -0.490 e. The monoisotopic (exact) mass is 550 g/mol. The Hall–Kier alpha value is -3.30. The fourth-order valence-corrected chi connectivity index (χ4v) is 4.65. The minimum atomic E-state index is -4.41. The number of hydrogen-bond donors (Lipinski definition) is 1. The van der Waals surface area contributed by atoms with Gasteiger partial charge in [0.2, 0.25) is 0 Å². The molecule has 2 N–H and O–H groups in total. The summed E-state index contributed by atoms with van der Waals surface area (Å²) >= 11 is 5.72. The van der Waals surface area contributed by atoms with Gasteiger partial charge in [-0.2, -0.15) is 13.2 Å². The molecule has 1 heterocycles. The molecule has 3 aromatic rings.